The zero-order chi connectivity index (χ0) is 15.1. The molecule has 1 aromatic carbocycles. The predicted octanol–water partition coefficient (Wildman–Crippen LogP) is 2.85. The number of nitrogens with zero attached hydrogens (tertiary/aromatic N) is 2. The molecule has 0 amide bonds. The number of halogens is 1. The highest BCUT2D eigenvalue weighted by Crippen LogP contribution is 2.16. The van der Waals surface area contributed by atoms with Crippen molar-refractivity contribution in [2.24, 2.45) is 5.92 Å². The minimum absolute atomic E-state index is 0.270. The largest absolute Gasteiger partial charge is 0.492 e. The first-order valence-electron chi connectivity index (χ1n) is 7.24. The van der Waals surface area contributed by atoms with Crippen LogP contribution in [0.25, 0.3) is 0 Å². The van der Waals surface area contributed by atoms with Crippen LogP contribution < -0.4 is 10.1 Å². The zero-order valence-corrected chi connectivity index (χ0v) is 12.6. The van der Waals surface area contributed by atoms with Crippen molar-refractivity contribution in [1.29, 1.82) is 0 Å². The standard InChI is InChI=1S/C16H22FN3O/c1-13(2)11-18-12-14-8-15(17)10-16(9-14)21-7-6-20-5-3-4-19-20/h3-5,8-10,13,18H,6-7,11-12H2,1-2H3. The Morgan fingerprint density at radius 1 is 1.33 bits per heavy atom. The molecule has 114 valence electrons. The molecule has 0 aliphatic rings. The first-order valence-corrected chi connectivity index (χ1v) is 7.24. The van der Waals surface area contributed by atoms with Crippen LogP contribution in [-0.2, 0) is 13.1 Å². The number of hydrogen-bond acceptors (Lipinski definition) is 3. The van der Waals surface area contributed by atoms with E-state index in [1.807, 2.05) is 18.3 Å². The molecule has 2 rings (SSSR count). The van der Waals surface area contributed by atoms with E-state index in [1.165, 1.54) is 12.1 Å². The fourth-order valence-electron chi connectivity index (χ4n) is 2.00. The summed E-state index contributed by atoms with van der Waals surface area (Å²) in [5, 5.41) is 7.39. The predicted molar refractivity (Wildman–Crippen MR) is 80.7 cm³/mol. The van der Waals surface area contributed by atoms with E-state index in [2.05, 4.69) is 24.3 Å². The van der Waals surface area contributed by atoms with E-state index in [-0.39, 0.29) is 5.82 Å². The van der Waals surface area contributed by atoms with Crippen molar-refractivity contribution in [3.8, 4) is 5.75 Å². The van der Waals surface area contributed by atoms with Gasteiger partial charge in [0.15, 0.2) is 0 Å². The summed E-state index contributed by atoms with van der Waals surface area (Å²) in [4.78, 5) is 0. The van der Waals surface area contributed by atoms with E-state index in [0.717, 1.165) is 12.1 Å². The fourth-order valence-corrected chi connectivity index (χ4v) is 2.00. The highest BCUT2D eigenvalue weighted by Gasteiger charge is 2.03. The van der Waals surface area contributed by atoms with Gasteiger partial charge in [-0.05, 0) is 36.2 Å². The molecule has 0 saturated carbocycles. The lowest BCUT2D eigenvalue weighted by atomic mass is 10.2. The van der Waals surface area contributed by atoms with Crippen LogP contribution >= 0.6 is 0 Å². The molecular formula is C16H22FN3O. The van der Waals surface area contributed by atoms with Gasteiger partial charge in [-0.1, -0.05) is 13.8 Å². The number of hydrogen-bond donors (Lipinski definition) is 1. The van der Waals surface area contributed by atoms with E-state index in [1.54, 1.807) is 10.9 Å². The van der Waals surface area contributed by atoms with Crippen molar-refractivity contribution in [3.05, 3.63) is 48.0 Å². The van der Waals surface area contributed by atoms with E-state index < -0.39 is 0 Å². The fraction of sp³-hybridized carbons (Fsp3) is 0.438. The van der Waals surface area contributed by atoms with Gasteiger partial charge in [0.25, 0.3) is 0 Å². The molecule has 4 nitrogen and oxygen atoms in total. The lowest BCUT2D eigenvalue weighted by molar-refractivity contribution is 0.289. The monoisotopic (exact) mass is 291 g/mol. The SMILES string of the molecule is CC(C)CNCc1cc(F)cc(OCCn2cccn2)c1. The summed E-state index contributed by atoms with van der Waals surface area (Å²) in [7, 11) is 0. The van der Waals surface area contributed by atoms with Crippen molar-refractivity contribution in [1.82, 2.24) is 15.1 Å². The van der Waals surface area contributed by atoms with Crippen molar-refractivity contribution >= 4 is 0 Å². The van der Waals surface area contributed by atoms with Crippen LogP contribution in [0.5, 0.6) is 5.75 Å². The van der Waals surface area contributed by atoms with Gasteiger partial charge in [0.05, 0.1) is 6.54 Å². The summed E-state index contributed by atoms with van der Waals surface area (Å²) in [6, 6.07) is 6.68. The Bertz CT molecular complexity index is 540. The van der Waals surface area contributed by atoms with Gasteiger partial charge in [0.1, 0.15) is 18.2 Å². The van der Waals surface area contributed by atoms with Crippen molar-refractivity contribution in [3.63, 3.8) is 0 Å². The number of rotatable bonds is 8. The third kappa shape index (κ3) is 5.55. The summed E-state index contributed by atoms with van der Waals surface area (Å²) in [5.41, 5.74) is 0.893. The molecule has 0 unspecified atom stereocenters. The summed E-state index contributed by atoms with van der Waals surface area (Å²) in [5.74, 6) is 0.861. The average Bonchev–Trinajstić information content (AvgIpc) is 2.91. The van der Waals surface area contributed by atoms with Gasteiger partial charge in [-0.2, -0.15) is 5.10 Å². The van der Waals surface area contributed by atoms with Crippen LogP contribution in [0.2, 0.25) is 0 Å². The topological polar surface area (TPSA) is 39.1 Å². The molecule has 0 bridgehead atoms. The molecule has 1 heterocycles. The Morgan fingerprint density at radius 2 is 2.19 bits per heavy atom. The lowest BCUT2D eigenvalue weighted by Crippen LogP contribution is -2.19. The lowest BCUT2D eigenvalue weighted by Gasteiger charge is -2.10. The molecule has 2 aromatic rings. The second-order valence-electron chi connectivity index (χ2n) is 5.44. The third-order valence-electron chi connectivity index (χ3n) is 2.96. The molecule has 21 heavy (non-hydrogen) atoms. The third-order valence-corrected chi connectivity index (χ3v) is 2.96. The number of nitrogens with one attached hydrogen (secondary N) is 1. The Hall–Kier alpha value is -1.88. The van der Waals surface area contributed by atoms with E-state index in [0.29, 0.717) is 31.4 Å². The van der Waals surface area contributed by atoms with Crippen LogP contribution in [-0.4, -0.2) is 22.9 Å². The normalized spacial score (nSPS) is 11.0. The van der Waals surface area contributed by atoms with Crippen LogP contribution in [0, 0.1) is 11.7 Å². The molecule has 0 aliphatic heterocycles. The van der Waals surface area contributed by atoms with Gasteiger partial charge in [0.2, 0.25) is 0 Å². The van der Waals surface area contributed by atoms with Gasteiger partial charge in [-0.15, -0.1) is 0 Å². The summed E-state index contributed by atoms with van der Waals surface area (Å²) in [6.07, 6.45) is 3.59. The zero-order valence-electron chi connectivity index (χ0n) is 12.6. The van der Waals surface area contributed by atoms with E-state index in [4.69, 9.17) is 4.74 Å². The number of aromatic nitrogens is 2. The van der Waals surface area contributed by atoms with Gasteiger partial charge < -0.3 is 10.1 Å². The van der Waals surface area contributed by atoms with Gasteiger partial charge in [0, 0.05) is 25.0 Å². The van der Waals surface area contributed by atoms with Crippen LogP contribution in [0.3, 0.4) is 0 Å². The van der Waals surface area contributed by atoms with E-state index >= 15 is 0 Å². The van der Waals surface area contributed by atoms with Crippen molar-refractivity contribution < 1.29 is 9.13 Å². The molecule has 0 fully saturated rings. The van der Waals surface area contributed by atoms with Gasteiger partial charge >= 0.3 is 0 Å². The second kappa shape index (κ2) is 7.78. The summed E-state index contributed by atoms with van der Waals surface area (Å²) >= 11 is 0. The van der Waals surface area contributed by atoms with Gasteiger partial charge in [-0.25, -0.2) is 4.39 Å². The van der Waals surface area contributed by atoms with Gasteiger partial charge in [-0.3, -0.25) is 4.68 Å². The van der Waals surface area contributed by atoms with Crippen LogP contribution in [0.4, 0.5) is 4.39 Å². The average molecular weight is 291 g/mol. The van der Waals surface area contributed by atoms with Crippen molar-refractivity contribution in [2.45, 2.75) is 26.9 Å². The number of ether oxygens (including phenoxy) is 1. The highest BCUT2D eigenvalue weighted by atomic mass is 19.1. The maximum atomic E-state index is 13.6. The molecule has 1 N–H and O–H groups in total. The second-order valence-corrected chi connectivity index (χ2v) is 5.44. The molecule has 1 aromatic heterocycles. The summed E-state index contributed by atoms with van der Waals surface area (Å²) < 4.78 is 21.0. The molecule has 0 saturated heterocycles. The molecule has 0 radical (unpaired) electrons. The minimum atomic E-state index is -0.270. The maximum absolute atomic E-state index is 13.6. The first-order chi connectivity index (χ1) is 10.1. The Kier molecular flexibility index (Phi) is 5.75. The molecule has 0 atom stereocenters. The molecule has 0 spiro atoms. The highest BCUT2D eigenvalue weighted by molar-refractivity contribution is 5.29. The molecule has 5 heteroatoms. The Balaban J connectivity index is 1.85. The molecular weight excluding hydrogens is 269 g/mol. The number of benzene rings is 1. The van der Waals surface area contributed by atoms with Crippen molar-refractivity contribution in [2.75, 3.05) is 13.2 Å². The Morgan fingerprint density at radius 3 is 2.90 bits per heavy atom. The first kappa shape index (κ1) is 15.5. The maximum Gasteiger partial charge on any atom is 0.127 e. The Labute approximate surface area is 124 Å². The van der Waals surface area contributed by atoms with Crippen LogP contribution in [0.1, 0.15) is 19.4 Å². The molecule has 0 aliphatic carbocycles. The van der Waals surface area contributed by atoms with E-state index in [9.17, 15) is 4.39 Å². The minimum Gasteiger partial charge on any atom is -0.492 e. The van der Waals surface area contributed by atoms with Crippen LogP contribution in [0.15, 0.2) is 36.7 Å². The summed E-state index contributed by atoms with van der Waals surface area (Å²) in [6.45, 7) is 6.94. The quantitative estimate of drug-likeness (QED) is 0.813. The smallest absolute Gasteiger partial charge is 0.127 e.